The van der Waals surface area contributed by atoms with Crippen LogP contribution in [0.4, 0.5) is 0 Å². The summed E-state index contributed by atoms with van der Waals surface area (Å²) in [5.74, 6) is 1.64. The molecule has 100 valence electrons. The van der Waals surface area contributed by atoms with Gasteiger partial charge in [-0.2, -0.15) is 0 Å². The summed E-state index contributed by atoms with van der Waals surface area (Å²) in [5.41, 5.74) is 1.02. The second-order valence-electron chi connectivity index (χ2n) is 7.28. The Morgan fingerprint density at radius 1 is 1.18 bits per heavy atom. The second-order valence-corrected chi connectivity index (χ2v) is 7.28. The van der Waals surface area contributed by atoms with E-state index in [0.717, 1.165) is 18.4 Å². The minimum atomic E-state index is 0.475. The molecule has 4 unspecified atom stereocenters. The zero-order valence-corrected chi connectivity index (χ0v) is 12.4. The summed E-state index contributed by atoms with van der Waals surface area (Å²) in [4.78, 5) is 0. The number of rotatable bonds is 2. The predicted octanol–water partition coefficient (Wildman–Crippen LogP) is 4.65. The standard InChI is InChI=1S/C16H30O/c1-6-14-15(3,4)9-7-10-16(14,5)13-8-11-17-12(13)2/h12-14H,6-11H2,1-5H3. The van der Waals surface area contributed by atoms with E-state index in [1.807, 2.05) is 0 Å². The molecule has 0 aromatic heterocycles. The van der Waals surface area contributed by atoms with Gasteiger partial charge in [0.2, 0.25) is 0 Å². The highest BCUT2D eigenvalue weighted by molar-refractivity contribution is 5.00. The van der Waals surface area contributed by atoms with Crippen molar-refractivity contribution in [2.75, 3.05) is 6.61 Å². The molecule has 1 heterocycles. The van der Waals surface area contributed by atoms with Gasteiger partial charge in [-0.1, -0.05) is 40.5 Å². The van der Waals surface area contributed by atoms with E-state index in [0.29, 0.717) is 16.9 Å². The van der Waals surface area contributed by atoms with Crippen LogP contribution in [0.3, 0.4) is 0 Å². The van der Waals surface area contributed by atoms with E-state index < -0.39 is 0 Å². The van der Waals surface area contributed by atoms with E-state index in [1.165, 1.54) is 32.1 Å². The van der Waals surface area contributed by atoms with Gasteiger partial charge >= 0.3 is 0 Å². The summed E-state index contributed by atoms with van der Waals surface area (Å²) in [6.07, 6.45) is 7.30. The SMILES string of the molecule is CCC1C(C)(C)CCCC1(C)C1CCOC1C. The molecule has 2 aliphatic rings. The summed E-state index contributed by atoms with van der Waals surface area (Å²) in [6.45, 7) is 13.2. The van der Waals surface area contributed by atoms with E-state index in [-0.39, 0.29) is 0 Å². The molecule has 1 aliphatic heterocycles. The molecule has 0 radical (unpaired) electrons. The Morgan fingerprint density at radius 3 is 2.41 bits per heavy atom. The van der Waals surface area contributed by atoms with Gasteiger partial charge in [0.05, 0.1) is 6.10 Å². The quantitative estimate of drug-likeness (QED) is 0.680. The van der Waals surface area contributed by atoms with Crippen LogP contribution in [0.5, 0.6) is 0 Å². The number of hydrogen-bond acceptors (Lipinski definition) is 1. The van der Waals surface area contributed by atoms with Gasteiger partial charge in [-0.15, -0.1) is 0 Å². The zero-order valence-electron chi connectivity index (χ0n) is 12.4. The average molecular weight is 238 g/mol. The molecule has 1 heteroatoms. The van der Waals surface area contributed by atoms with Crippen molar-refractivity contribution >= 4 is 0 Å². The second kappa shape index (κ2) is 4.57. The third kappa shape index (κ3) is 2.16. The first-order valence-electron chi connectivity index (χ1n) is 7.53. The van der Waals surface area contributed by atoms with Gasteiger partial charge in [-0.05, 0) is 48.9 Å². The molecule has 0 bridgehead atoms. The normalized spacial score (nSPS) is 46.1. The van der Waals surface area contributed by atoms with Crippen LogP contribution >= 0.6 is 0 Å². The van der Waals surface area contributed by atoms with Crippen molar-refractivity contribution in [3.05, 3.63) is 0 Å². The van der Waals surface area contributed by atoms with E-state index >= 15 is 0 Å². The van der Waals surface area contributed by atoms with Gasteiger partial charge < -0.3 is 4.74 Å². The molecular weight excluding hydrogens is 208 g/mol. The van der Waals surface area contributed by atoms with Gasteiger partial charge in [0.25, 0.3) is 0 Å². The first-order chi connectivity index (χ1) is 7.92. The smallest absolute Gasteiger partial charge is 0.0581 e. The Morgan fingerprint density at radius 2 is 1.88 bits per heavy atom. The van der Waals surface area contributed by atoms with Crippen LogP contribution in [0.2, 0.25) is 0 Å². The predicted molar refractivity (Wildman–Crippen MR) is 73.0 cm³/mol. The van der Waals surface area contributed by atoms with Crippen molar-refractivity contribution < 1.29 is 4.74 Å². The molecule has 1 saturated carbocycles. The Hall–Kier alpha value is -0.0400. The molecule has 2 rings (SSSR count). The summed E-state index contributed by atoms with van der Waals surface area (Å²) >= 11 is 0. The Labute approximate surface area is 107 Å². The summed E-state index contributed by atoms with van der Waals surface area (Å²) < 4.78 is 5.84. The van der Waals surface area contributed by atoms with Gasteiger partial charge in [-0.3, -0.25) is 0 Å². The van der Waals surface area contributed by atoms with Crippen LogP contribution < -0.4 is 0 Å². The molecule has 1 saturated heterocycles. The van der Waals surface area contributed by atoms with Crippen molar-refractivity contribution in [3.8, 4) is 0 Å². The third-order valence-electron chi connectivity index (χ3n) is 5.91. The maximum Gasteiger partial charge on any atom is 0.0581 e. The van der Waals surface area contributed by atoms with E-state index in [4.69, 9.17) is 4.74 Å². The highest BCUT2D eigenvalue weighted by Crippen LogP contribution is 2.58. The molecule has 0 aromatic rings. The molecule has 1 aliphatic carbocycles. The number of ether oxygens (including phenoxy) is 1. The van der Waals surface area contributed by atoms with Gasteiger partial charge in [0.15, 0.2) is 0 Å². The van der Waals surface area contributed by atoms with Gasteiger partial charge in [-0.25, -0.2) is 0 Å². The summed E-state index contributed by atoms with van der Waals surface area (Å²) in [6, 6.07) is 0. The lowest BCUT2D eigenvalue weighted by Crippen LogP contribution is -2.47. The average Bonchev–Trinajstić information content (AvgIpc) is 2.64. The first kappa shape index (κ1) is 13.4. The van der Waals surface area contributed by atoms with Crippen molar-refractivity contribution in [2.24, 2.45) is 22.7 Å². The Bertz CT molecular complexity index is 271. The van der Waals surface area contributed by atoms with Crippen LogP contribution in [0.25, 0.3) is 0 Å². The maximum atomic E-state index is 5.84. The van der Waals surface area contributed by atoms with Crippen molar-refractivity contribution in [3.63, 3.8) is 0 Å². The molecule has 4 atom stereocenters. The van der Waals surface area contributed by atoms with E-state index in [9.17, 15) is 0 Å². The monoisotopic (exact) mass is 238 g/mol. The van der Waals surface area contributed by atoms with Gasteiger partial charge in [0, 0.05) is 6.61 Å². The zero-order chi connectivity index (χ0) is 12.7. The highest BCUT2D eigenvalue weighted by atomic mass is 16.5. The lowest BCUT2D eigenvalue weighted by atomic mass is 9.51. The van der Waals surface area contributed by atoms with Crippen LogP contribution in [0.1, 0.15) is 66.7 Å². The molecule has 1 nitrogen and oxygen atoms in total. The van der Waals surface area contributed by atoms with Crippen molar-refractivity contribution in [1.82, 2.24) is 0 Å². The van der Waals surface area contributed by atoms with Crippen LogP contribution in [-0.4, -0.2) is 12.7 Å². The minimum absolute atomic E-state index is 0.475. The fraction of sp³-hybridized carbons (Fsp3) is 1.00. The number of hydrogen-bond donors (Lipinski definition) is 0. The highest BCUT2D eigenvalue weighted by Gasteiger charge is 2.51. The van der Waals surface area contributed by atoms with Crippen LogP contribution in [0.15, 0.2) is 0 Å². The molecule has 0 N–H and O–H groups in total. The van der Waals surface area contributed by atoms with E-state index in [1.54, 1.807) is 0 Å². The fourth-order valence-electron chi connectivity index (χ4n) is 5.23. The van der Waals surface area contributed by atoms with Crippen LogP contribution in [0, 0.1) is 22.7 Å². The molecule has 0 spiro atoms. The van der Waals surface area contributed by atoms with Crippen LogP contribution in [-0.2, 0) is 4.74 Å². The van der Waals surface area contributed by atoms with Crippen molar-refractivity contribution in [2.45, 2.75) is 72.8 Å². The fourth-order valence-corrected chi connectivity index (χ4v) is 5.23. The van der Waals surface area contributed by atoms with Crippen molar-refractivity contribution in [1.29, 1.82) is 0 Å². The molecule has 17 heavy (non-hydrogen) atoms. The summed E-state index contributed by atoms with van der Waals surface area (Å²) in [5, 5.41) is 0. The lowest BCUT2D eigenvalue weighted by molar-refractivity contribution is -0.0621. The molecular formula is C16H30O. The topological polar surface area (TPSA) is 9.23 Å². The Kier molecular flexibility index (Phi) is 3.60. The van der Waals surface area contributed by atoms with E-state index in [2.05, 4.69) is 34.6 Å². The molecule has 0 amide bonds. The third-order valence-corrected chi connectivity index (χ3v) is 5.91. The molecule has 0 aromatic carbocycles. The minimum Gasteiger partial charge on any atom is -0.378 e. The first-order valence-corrected chi connectivity index (χ1v) is 7.53. The van der Waals surface area contributed by atoms with Gasteiger partial charge in [0.1, 0.15) is 0 Å². The maximum absolute atomic E-state index is 5.84. The molecule has 2 fully saturated rings. The lowest BCUT2D eigenvalue weighted by Gasteiger charge is -2.54. The largest absolute Gasteiger partial charge is 0.378 e. The summed E-state index contributed by atoms with van der Waals surface area (Å²) in [7, 11) is 0. The Balaban J connectivity index is 2.26.